The molecule has 0 unspecified atom stereocenters. The number of halogens is 2. The van der Waals surface area contributed by atoms with Crippen LogP contribution in [0.3, 0.4) is 0 Å². The zero-order chi connectivity index (χ0) is 19.1. The van der Waals surface area contributed by atoms with Crippen LogP contribution in [-0.4, -0.2) is 4.33 Å². The number of nitrogens with zero attached hydrogens (tertiary/aromatic N) is 8. The zero-order valence-corrected chi connectivity index (χ0v) is 16.0. The molecule has 0 amide bonds. The first-order valence-corrected chi connectivity index (χ1v) is 8.87. The van der Waals surface area contributed by atoms with Gasteiger partial charge < -0.3 is 0 Å². The third-order valence-electron chi connectivity index (χ3n) is 4.62. The van der Waals surface area contributed by atoms with Crippen LogP contribution in [0.25, 0.3) is 0 Å². The minimum absolute atomic E-state index is 0.604. The molecule has 0 saturated carbocycles. The van der Waals surface area contributed by atoms with Gasteiger partial charge in [0.1, 0.15) is 0 Å². The van der Waals surface area contributed by atoms with E-state index >= 15 is 0 Å². The molecule has 0 aromatic heterocycles. The number of alkyl halides is 2. The minimum Gasteiger partial charge on any atom is -0.126 e. The molecule has 0 N–H and O–H groups in total. The zero-order valence-electron chi connectivity index (χ0n) is 14.5. The van der Waals surface area contributed by atoms with Crippen molar-refractivity contribution in [1.29, 1.82) is 0 Å². The highest BCUT2D eigenvalue weighted by atomic mass is 35.5. The average molecular weight is 401 g/mol. The van der Waals surface area contributed by atoms with E-state index in [1.54, 1.807) is 0 Å². The Bertz CT molecular complexity index is 873. The van der Waals surface area contributed by atoms with Crippen LogP contribution in [0.5, 0.6) is 0 Å². The molecule has 0 aliphatic carbocycles. The number of hydrogen-bond acceptors (Lipinski definition) is 8. The van der Waals surface area contributed by atoms with Crippen molar-refractivity contribution in [3.8, 4) is 0 Å². The van der Waals surface area contributed by atoms with Crippen LogP contribution in [0.2, 0.25) is 0 Å². The molecule has 2 aliphatic rings. The molecule has 10 heteroatoms. The average Bonchev–Trinajstić information content (AvgIpc) is 3.34. The third-order valence-corrected chi connectivity index (χ3v) is 5.68. The second-order valence-electron chi connectivity index (χ2n) is 6.41. The van der Waals surface area contributed by atoms with Crippen LogP contribution in [0.1, 0.15) is 22.3 Å². The second-order valence-corrected chi connectivity index (χ2v) is 7.74. The van der Waals surface area contributed by atoms with Gasteiger partial charge >= 0.3 is 0 Å². The summed E-state index contributed by atoms with van der Waals surface area (Å²) in [4.78, 5) is 0. The number of rotatable bonds is 4. The highest BCUT2D eigenvalue weighted by Crippen LogP contribution is 2.60. The molecule has 0 bridgehead atoms. The van der Waals surface area contributed by atoms with Gasteiger partial charge in [0.2, 0.25) is 4.33 Å². The van der Waals surface area contributed by atoms with Crippen molar-refractivity contribution in [1.82, 2.24) is 0 Å². The molecule has 2 aliphatic heterocycles. The second kappa shape index (κ2) is 6.24. The molecule has 0 radical (unpaired) electrons. The van der Waals surface area contributed by atoms with E-state index in [1.807, 2.05) is 62.4 Å². The van der Waals surface area contributed by atoms with Gasteiger partial charge in [-0.25, -0.2) is 0 Å². The normalized spacial score (nSPS) is 19.1. The van der Waals surface area contributed by atoms with Crippen LogP contribution in [0.4, 0.5) is 0 Å². The maximum absolute atomic E-state index is 6.96. The molecule has 136 valence electrons. The number of hydrogen-bond donors (Lipinski definition) is 0. The summed E-state index contributed by atoms with van der Waals surface area (Å²) < 4.78 is -1.85. The topological polar surface area (TPSA) is 98.9 Å². The Balaban J connectivity index is 1.93. The minimum atomic E-state index is -1.85. The molecular weight excluding hydrogens is 387 g/mol. The molecule has 2 aromatic rings. The standard InChI is InChI=1S/C17H14Cl2N8/c1-11-3-7-13(8-4-11)15(20-24-25-21-15)17(18,19)16(22-26-27-23-16)14-9-5-12(2)6-10-14/h3-10H,1-2H3. The summed E-state index contributed by atoms with van der Waals surface area (Å²) in [6.07, 6.45) is 0. The third kappa shape index (κ3) is 2.51. The number of benzene rings is 2. The van der Waals surface area contributed by atoms with Crippen LogP contribution >= 0.6 is 23.2 Å². The van der Waals surface area contributed by atoms with Gasteiger partial charge in [-0.05, 0) is 34.7 Å². The summed E-state index contributed by atoms with van der Waals surface area (Å²) in [5.74, 6) is 0. The molecule has 0 atom stereocenters. The van der Waals surface area contributed by atoms with E-state index in [9.17, 15) is 0 Å². The monoisotopic (exact) mass is 400 g/mol. The predicted molar refractivity (Wildman–Crippen MR) is 99.6 cm³/mol. The molecule has 8 nitrogen and oxygen atoms in total. The fourth-order valence-corrected chi connectivity index (χ4v) is 3.78. The lowest BCUT2D eigenvalue weighted by atomic mass is 9.84. The van der Waals surface area contributed by atoms with Crippen LogP contribution < -0.4 is 0 Å². The van der Waals surface area contributed by atoms with Crippen molar-refractivity contribution in [3.05, 3.63) is 70.8 Å². The lowest BCUT2D eigenvalue weighted by Crippen LogP contribution is -2.52. The van der Waals surface area contributed by atoms with E-state index in [-0.39, 0.29) is 0 Å². The van der Waals surface area contributed by atoms with Gasteiger partial charge in [-0.15, -0.1) is 20.5 Å². The van der Waals surface area contributed by atoms with E-state index in [2.05, 4.69) is 41.4 Å². The Morgan fingerprint density at radius 2 is 0.889 bits per heavy atom. The lowest BCUT2D eigenvalue weighted by Gasteiger charge is -2.40. The Hall–Kier alpha value is -2.58. The number of aryl methyl sites for hydroxylation is 2. The van der Waals surface area contributed by atoms with Gasteiger partial charge in [0.25, 0.3) is 11.3 Å². The van der Waals surface area contributed by atoms with Crippen LogP contribution in [0.15, 0.2) is 89.9 Å². The first-order chi connectivity index (χ1) is 12.9. The summed E-state index contributed by atoms with van der Waals surface area (Å²) in [6, 6.07) is 14.9. The molecular formula is C17H14Cl2N8. The van der Waals surface area contributed by atoms with Gasteiger partial charge in [0, 0.05) is 11.1 Å². The smallest absolute Gasteiger partial charge is 0.126 e. The van der Waals surface area contributed by atoms with Gasteiger partial charge in [-0.1, -0.05) is 82.9 Å². The van der Waals surface area contributed by atoms with E-state index in [0.717, 1.165) is 11.1 Å². The van der Waals surface area contributed by atoms with E-state index in [4.69, 9.17) is 23.2 Å². The fraction of sp³-hybridized carbons (Fsp3) is 0.294. The van der Waals surface area contributed by atoms with Crippen molar-refractivity contribution in [2.24, 2.45) is 41.4 Å². The lowest BCUT2D eigenvalue weighted by molar-refractivity contribution is 0.268. The Kier molecular flexibility index (Phi) is 4.12. The van der Waals surface area contributed by atoms with Crippen molar-refractivity contribution in [3.63, 3.8) is 0 Å². The highest BCUT2D eigenvalue weighted by Gasteiger charge is 2.69. The van der Waals surface area contributed by atoms with Gasteiger partial charge in [-0.2, -0.15) is 0 Å². The van der Waals surface area contributed by atoms with Crippen molar-refractivity contribution in [2.45, 2.75) is 29.5 Å². The molecule has 4 rings (SSSR count). The van der Waals surface area contributed by atoms with Crippen molar-refractivity contribution in [2.75, 3.05) is 0 Å². The largest absolute Gasteiger partial charge is 0.257 e. The molecule has 2 aromatic carbocycles. The summed E-state index contributed by atoms with van der Waals surface area (Å²) in [7, 11) is 0. The maximum Gasteiger partial charge on any atom is 0.257 e. The van der Waals surface area contributed by atoms with Gasteiger partial charge in [0.05, 0.1) is 0 Å². The fourth-order valence-electron chi connectivity index (χ4n) is 3.04. The Morgan fingerprint density at radius 1 is 0.593 bits per heavy atom. The Morgan fingerprint density at radius 3 is 1.19 bits per heavy atom. The van der Waals surface area contributed by atoms with Crippen molar-refractivity contribution >= 4 is 23.2 Å². The quantitative estimate of drug-likeness (QED) is 0.549. The summed E-state index contributed by atoms with van der Waals surface area (Å²) in [5.41, 5.74) is 0.209. The van der Waals surface area contributed by atoms with Crippen molar-refractivity contribution < 1.29 is 0 Å². The Labute approximate surface area is 165 Å². The summed E-state index contributed by atoms with van der Waals surface area (Å²) in [6.45, 7) is 3.94. The highest BCUT2D eigenvalue weighted by molar-refractivity contribution is 6.50. The first-order valence-electron chi connectivity index (χ1n) is 8.12. The van der Waals surface area contributed by atoms with E-state index < -0.39 is 15.7 Å². The van der Waals surface area contributed by atoms with E-state index in [1.165, 1.54) is 0 Å². The van der Waals surface area contributed by atoms with Crippen LogP contribution in [0, 0.1) is 13.8 Å². The van der Waals surface area contributed by atoms with Gasteiger partial charge in [-0.3, -0.25) is 0 Å². The molecule has 0 spiro atoms. The molecule has 27 heavy (non-hydrogen) atoms. The summed E-state index contributed by atoms with van der Waals surface area (Å²) in [5, 5.41) is 31.5. The van der Waals surface area contributed by atoms with Crippen LogP contribution in [-0.2, 0) is 11.3 Å². The summed E-state index contributed by atoms with van der Waals surface area (Å²) >= 11 is 13.9. The maximum atomic E-state index is 6.96. The first kappa shape index (κ1) is 17.8. The van der Waals surface area contributed by atoms with Gasteiger partial charge in [0.15, 0.2) is 0 Å². The molecule has 0 saturated heterocycles. The SMILES string of the molecule is Cc1ccc(C2(C(Cl)(Cl)C3(c4ccc(C)cc4)N=NN=N3)N=NN=N2)cc1. The predicted octanol–water partition coefficient (Wildman–Crippen LogP) is 6.15. The van der Waals surface area contributed by atoms with E-state index in [0.29, 0.717) is 11.1 Å². The molecule has 2 heterocycles. The molecule has 0 fully saturated rings.